The highest BCUT2D eigenvalue weighted by Gasteiger charge is 2.01. The van der Waals surface area contributed by atoms with Gasteiger partial charge in [0.05, 0.1) is 6.20 Å². The van der Waals surface area contributed by atoms with Gasteiger partial charge in [0.15, 0.2) is 5.15 Å². The molecular weight excluding hydrogens is 197 g/mol. The van der Waals surface area contributed by atoms with Crippen LogP contribution in [0.4, 0.5) is 0 Å². The summed E-state index contributed by atoms with van der Waals surface area (Å²) in [6.45, 7) is 0. The molecule has 0 atom stereocenters. The summed E-state index contributed by atoms with van der Waals surface area (Å²) in [7, 11) is 0. The van der Waals surface area contributed by atoms with Gasteiger partial charge < -0.3 is 0 Å². The summed E-state index contributed by atoms with van der Waals surface area (Å²) in [5, 5.41) is 9.70. The van der Waals surface area contributed by atoms with Gasteiger partial charge in [0.25, 0.3) is 0 Å². The Hall–Kier alpha value is -0.930. The van der Waals surface area contributed by atoms with Gasteiger partial charge in [-0.25, -0.2) is 4.98 Å². The van der Waals surface area contributed by atoms with Gasteiger partial charge in [0.2, 0.25) is 0 Å². The maximum atomic E-state index is 5.77. The molecule has 0 fully saturated rings. The molecule has 2 rings (SSSR count). The molecule has 2 aromatic heterocycles. The third-order valence-electron chi connectivity index (χ3n) is 1.47. The smallest absolute Gasteiger partial charge is 0.159 e. The van der Waals surface area contributed by atoms with Crippen LogP contribution in [0.5, 0.6) is 0 Å². The second kappa shape index (κ2) is 2.84. The van der Waals surface area contributed by atoms with Gasteiger partial charge in [-0.3, -0.25) is 0 Å². The molecule has 0 amide bonds. The Balaban J connectivity index is 2.88. The van der Waals surface area contributed by atoms with Gasteiger partial charge in [0, 0.05) is 17.0 Å². The molecule has 0 radical (unpaired) electrons. The molecular formula is C7H3Cl2N3. The van der Waals surface area contributed by atoms with Gasteiger partial charge in [-0.2, -0.15) is 5.10 Å². The van der Waals surface area contributed by atoms with Crippen molar-refractivity contribution in [1.29, 1.82) is 0 Å². The number of rotatable bonds is 0. The van der Waals surface area contributed by atoms with Crippen molar-refractivity contribution in [1.82, 2.24) is 15.2 Å². The number of aromatic nitrogens is 3. The minimum absolute atomic E-state index is 0.344. The average Bonchev–Trinajstić information content (AvgIpc) is 2.07. The van der Waals surface area contributed by atoms with E-state index in [0.29, 0.717) is 10.3 Å². The molecule has 0 aliphatic carbocycles. The van der Waals surface area contributed by atoms with Crippen molar-refractivity contribution in [2.45, 2.75) is 0 Å². The van der Waals surface area contributed by atoms with Crippen LogP contribution in [0.3, 0.4) is 0 Å². The predicted molar refractivity (Wildman–Crippen MR) is 47.4 cm³/mol. The highest BCUT2D eigenvalue weighted by atomic mass is 35.5. The van der Waals surface area contributed by atoms with Crippen molar-refractivity contribution in [2.75, 3.05) is 0 Å². The lowest BCUT2D eigenvalue weighted by Crippen LogP contribution is -1.84. The topological polar surface area (TPSA) is 38.7 Å². The molecule has 5 heteroatoms. The molecule has 2 heterocycles. The van der Waals surface area contributed by atoms with Crippen LogP contribution in [-0.2, 0) is 0 Å². The third-order valence-corrected chi connectivity index (χ3v) is 1.95. The standard InChI is InChI=1S/C7H3Cl2N3/c8-6-1-5-4(2-10-6)3-11-12-7(5)9/h1-3H. The van der Waals surface area contributed by atoms with Gasteiger partial charge in [-0.05, 0) is 6.07 Å². The molecule has 12 heavy (non-hydrogen) atoms. The van der Waals surface area contributed by atoms with E-state index in [1.807, 2.05) is 0 Å². The summed E-state index contributed by atoms with van der Waals surface area (Å²) in [4.78, 5) is 3.89. The molecule has 0 aromatic carbocycles. The Kier molecular flexibility index (Phi) is 1.83. The fourth-order valence-corrected chi connectivity index (χ4v) is 1.28. The van der Waals surface area contributed by atoms with Crippen LogP contribution in [0.2, 0.25) is 10.3 Å². The first-order valence-electron chi connectivity index (χ1n) is 3.20. The van der Waals surface area contributed by atoms with Crippen LogP contribution in [0, 0.1) is 0 Å². The number of pyridine rings is 1. The number of hydrogen-bond acceptors (Lipinski definition) is 3. The van der Waals surface area contributed by atoms with Crippen LogP contribution in [0.25, 0.3) is 10.8 Å². The molecule has 0 N–H and O–H groups in total. The van der Waals surface area contributed by atoms with E-state index in [-0.39, 0.29) is 0 Å². The second-order valence-electron chi connectivity index (χ2n) is 2.23. The minimum atomic E-state index is 0.344. The zero-order valence-electron chi connectivity index (χ0n) is 5.83. The first-order chi connectivity index (χ1) is 5.77. The highest BCUT2D eigenvalue weighted by Crippen LogP contribution is 2.21. The minimum Gasteiger partial charge on any atom is -0.244 e. The Labute approximate surface area is 78.3 Å². The third kappa shape index (κ3) is 1.21. The monoisotopic (exact) mass is 199 g/mol. The van der Waals surface area contributed by atoms with Crippen molar-refractivity contribution in [3.8, 4) is 0 Å². The lowest BCUT2D eigenvalue weighted by molar-refractivity contribution is 1.05. The fourth-order valence-electron chi connectivity index (χ4n) is 0.918. The zero-order chi connectivity index (χ0) is 8.55. The summed E-state index contributed by atoms with van der Waals surface area (Å²) < 4.78 is 0. The lowest BCUT2D eigenvalue weighted by Gasteiger charge is -1.96. The SMILES string of the molecule is Clc1cc2c(Cl)nncc2cn1. The molecule has 0 saturated carbocycles. The van der Waals surface area contributed by atoms with Crippen molar-refractivity contribution >= 4 is 34.0 Å². The van der Waals surface area contributed by atoms with Crippen molar-refractivity contribution in [3.05, 3.63) is 28.8 Å². The quantitative estimate of drug-likeness (QED) is 0.612. The molecule has 0 aliphatic rings. The predicted octanol–water partition coefficient (Wildman–Crippen LogP) is 2.33. The molecule has 60 valence electrons. The number of nitrogens with zero attached hydrogens (tertiary/aromatic N) is 3. The zero-order valence-corrected chi connectivity index (χ0v) is 7.34. The largest absolute Gasteiger partial charge is 0.244 e. The fraction of sp³-hybridized carbons (Fsp3) is 0. The lowest BCUT2D eigenvalue weighted by atomic mass is 10.3. The molecule has 0 saturated heterocycles. The van der Waals surface area contributed by atoms with Gasteiger partial charge in [-0.1, -0.05) is 23.2 Å². The van der Waals surface area contributed by atoms with Gasteiger partial charge >= 0.3 is 0 Å². The van der Waals surface area contributed by atoms with E-state index in [9.17, 15) is 0 Å². The summed E-state index contributed by atoms with van der Waals surface area (Å²) in [6, 6.07) is 1.66. The van der Waals surface area contributed by atoms with Crippen molar-refractivity contribution in [2.24, 2.45) is 0 Å². The van der Waals surface area contributed by atoms with E-state index in [0.717, 1.165) is 10.8 Å². The Morgan fingerprint density at radius 1 is 1.17 bits per heavy atom. The van der Waals surface area contributed by atoms with Crippen molar-refractivity contribution < 1.29 is 0 Å². The van der Waals surface area contributed by atoms with Crippen LogP contribution in [-0.4, -0.2) is 15.2 Å². The van der Waals surface area contributed by atoms with Crippen LogP contribution in [0.1, 0.15) is 0 Å². The van der Waals surface area contributed by atoms with Crippen LogP contribution >= 0.6 is 23.2 Å². The Morgan fingerprint density at radius 3 is 2.83 bits per heavy atom. The molecule has 0 spiro atoms. The molecule has 2 aromatic rings. The van der Waals surface area contributed by atoms with E-state index in [1.54, 1.807) is 18.5 Å². The van der Waals surface area contributed by atoms with Crippen LogP contribution in [0.15, 0.2) is 18.5 Å². The maximum Gasteiger partial charge on any atom is 0.159 e. The second-order valence-corrected chi connectivity index (χ2v) is 2.97. The maximum absolute atomic E-state index is 5.77. The highest BCUT2D eigenvalue weighted by molar-refractivity contribution is 6.35. The van der Waals surface area contributed by atoms with E-state index < -0.39 is 0 Å². The normalized spacial score (nSPS) is 10.5. The number of hydrogen-bond donors (Lipinski definition) is 0. The first-order valence-corrected chi connectivity index (χ1v) is 3.95. The average molecular weight is 200 g/mol. The van der Waals surface area contributed by atoms with E-state index in [4.69, 9.17) is 23.2 Å². The van der Waals surface area contributed by atoms with Crippen molar-refractivity contribution in [3.63, 3.8) is 0 Å². The van der Waals surface area contributed by atoms with Gasteiger partial charge in [0.1, 0.15) is 5.15 Å². The molecule has 0 bridgehead atoms. The summed E-state index contributed by atoms with van der Waals surface area (Å²) in [5.41, 5.74) is 0. The number of halogens is 2. The van der Waals surface area contributed by atoms with E-state index >= 15 is 0 Å². The number of fused-ring (bicyclic) bond motifs is 1. The first kappa shape index (κ1) is 7.71. The molecule has 3 nitrogen and oxygen atoms in total. The molecule has 0 unspecified atom stereocenters. The Morgan fingerprint density at radius 2 is 2.00 bits per heavy atom. The summed E-state index contributed by atoms with van der Waals surface area (Å²) >= 11 is 11.4. The summed E-state index contributed by atoms with van der Waals surface area (Å²) in [5.74, 6) is 0. The van der Waals surface area contributed by atoms with E-state index in [1.165, 1.54) is 0 Å². The van der Waals surface area contributed by atoms with E-state index in [2.05, 4.69) is 15.2 Å². The van der Waals surface area contributed by atoms with Gasteiger partial charge in [-0.15, -0.1) is 5.10 Å². The molecule has 0 aliphatic heterocycles. The Bertz CT molecular complexity index is 430. The summed E-state index contributed by atoms with van der Waals surface area (Å²) in [6.07, 6.45) is 3.20. The van der Waals surface area contributed by atoms with Crippen LogP contribution < -0.4 is 0 Å².